The van der Waals surface area contributed by atoms with Crippen LogP contribution in [0.3, 0.4) is 0 Å². The average Bonchev–Trinajstić information content (AvgIpc) is 2.83. The molecule has 2 aromatic rings. The van der Waals surface area contributed by atoms with Crippen LogP contribution >= 0.6 is 0 Å². The number of carbonyl (C=O) groups excluding carboxylic acids is 1. The third-order valence-corrected chi connectivity index (χ3v) is 3.27. The van der Waals surface area contributed by atoms with Crippen LogP contribution in [-0.2, 0) is 0 Å². The molecular formula is C15H21N3O. The maximum absolute atomic E-state index is 12.3. The molecule has 102 valence electrons. The highest BCUT2D eigenvalue weighted by atomic mass is 16.1. The fourth-order valence-corrected chi connectivity index (χ4v) is 2.24. The van der Waals surface area contributed by atoms with Crippen molar-refractivity contribution in [1.29, 1.82) is 0 Å². The fraction of sp³-hybridized carbons (Fsp3) is 0.400. The lowest BCUT2D eigenvalue weighted by molar-refractivity contribution is 0.0947. The summed E-state index contributed by atoms with van der Waals surface area (Å²) in [6.07, 6.45) is 2.86. The quantitative estimate of drug-likeness (QED) is 0.589. The van der Waals surface area contributed by atoms with Crippen LogP contribution in [-0.4, -0.2) is 49.4 Å². The number of fused-ring (bicyclic) bond motifs is 1. The Balaban J connectivity index is 2.00. The Morgan fingerprint density at radius 2 is 2.16 bits per heavy atom. The number of Topliss-reactive ketones (excluding diaryl/α,β-unsaturated/α-hetero) is 1. The minimum absolute atomic E-state index is 0.171. The second kappa shape index (κ2) is 6.50. The molecular weight excluding hydrogens is 238 g/mol. The second-order valence-corrected chi connectivity index (χ2v) is 4.87. The Morgan fingerprint density at radius 3 is 2.95 bits per heavy atom. The first-order valence-electron chi connectivity index (χ1n) is 6.65. The lowest BCUT2D eigenvalue weighted by Crippen LogP contribution is -2.28. The summed E-state index contributed by atoms with van der Waals surface area (Å²) in [5, 5.41) is 4.12. The standard InChI is InChI=1S/C15H21N3O/c1-16-8-5-9-18(2)11-15(19)13-10-17-14-7-4-3-6-12(13)14/h3-4,6-7,10,16-17H,5,8-9,11H2,1-2H3. The third kappa shape index (κ3) is 3.43. The van der Waals surface area contributed by atoms with E-state index in [1.807, 2.05) is 44.6 Å². The first kappa shape index (κ1) is 13.8. The van der Waals surface area contributed by atoms with Crippen LogP contribution in [0.4, 0.5) is 0 Å². The van der Waals surface area contributed by atoms with Gasteiger partial charge in [-0.3, -0.25) is 9.69 Å². The maximum atomic E-state index is 12.3. The van der Waals surface area contributed by atoms with Crippen molar-refractivity contribution < 1.29 is 4.79 Å². The number of nitrogens with one attached hydrogen (secondary N) is 2. The number of nitrogens with zero attached hydrogens (tertiary/aromatic N) is 1. The summed E-state index contributed by atoms with van der Waals surface area (Å²) in [6.45, 7) is 2.37. The molecule has 0 spiro atoms. The minimum atomic E-state index is 0.171. The summed E-state index contributed by atoms with van der Waals surface area (Å²) in [4.78, 5) is 17.5. The van der Waals surface area contributed by atoms with E-state index in [4.69, 9.17) is 0 Å². The Morgan fingerprint density at radius 1 is 1.37 bits per heavy atom. The highest BCUT2D eigenvalue weighted by Gasteiger charge is 2.13. The number of aromatic nitrogens is 1. The molecule has 0 aliphatic carbocycles. The van der Waals surface area contributed by atoms with E-state index in [1.54, 1.807) is 0 Å². The predicted octanol–water partition coefficient (Wildman–Crippen LogP) is 1.89. The zero-order valence-electron chi connectivity index (χ0n) is 11.6. The number of benzene rings is 1. The van der Waals surface area contributed by atoms with Crippen LogP contribution in [0, 0.1) is 0 Å². The van der Waals surface area contributed by atoms with Gasteiger partial charge in [-0.1, -0.05) is 18.2 Å². The van der Waals surface area contributed by atoms with Gasteiger partial charge in [0.2, 0.25) is 0 Å². The molecule has 0 saturated carbocycles. The van der Waals surface area contributed by atoms with Crippen LogP contribution in [0.2, 0.25) is 0 Å². The monoisotopic (exact) mass is 259 g/mol. The van der Waals surface area contributed by atoms with E-state index < -0.39 is 0 Å². The van der Waals surface area contributed by atoms with E-state index in [-0.39, 0.29) is 5.78 Å². The molecule has 2 N–H and O–H groups in total. The van der Waals surface area contributed by atoms with Crippen molar-refractivity contribution in [1.82, 2.24) is 15.2 Å². The van der Waals surface area contributed by atoms with E-state index >= 15 is 0 Å². The van der Waals surface area contributed by atoms with Crippen LogP contribution in [0.15, 0.2) is 30.5 Å². The van der Waals surface area contributed by atoms with Crippen LogP contribution in [0.5, 0.6) is 0 Å². The van der Waals surface area contributed by atoms with Gasteiger partial charge < -0.3 is 10.3 Å². The fourth-order valence-electron chi connectivity index (χ4n) is 2.24. The van der Waals surface area contributed by atoms with Crippen molar-refractivity contribution in [2.24, 2.45) is 0 Å². The van der Waals surface area contributed by atoms with Gasteiger partial charge in [0.25, 0.3) is 0 Å². The number of rotatable bonds is 7. The van der Waals surface area contributed by atoms with Gasteiger partial charge in [-0.2, -0.15) is 0 Å². The van der Waals surface area contributed by atoms with Crippen molar-refractivity contribution >= 4 is 16.7 Å². The maximum Gasteiger partial charge on any atom is 0.178 e. The van der Waals surface area contributed by atoms with Crippen molar-refractivity contribution in [3.63, 3.8) is 0 Å². The molecule has 1 heterocycles. The summed E-state index contributed by atoms with van der Waals surface area (Å²) in [7, 11) is 3.93. The summed E-state index contributed by atoms with van der Waals surface area (Å²) < 4.78 is 0. The van der Waals surface area contributed by atoms with Gasteiger partial charge in [0, 0.05) is 22.7 Å². The number of aromatic amines is 1. The Labute approximate surface area is 113 Å². The molecule has 4 nitrogen and oxygen atoms in total. The molecule has 19 heavy (non-hydrogen) atoms. The largest absolute Gasteiger partial charge is 0.360 e. The molecule has 0 fully saturated rings. The number of para-hydroxylation sites is 1. The molecule has 0 aliphatic heterocycles. The number of carbonyl (C=O) groups is 1. The van der Waals surface area contributed by atoms with Gasteiger partial charge in [0.15, 0.2) is 5.78 Å². The summed E-state index contributed by atoms with van der Waals surface area (Å²) in [5.74, 6) is 0.171. The van der Waals surface area contributed by atoms with E-state index in [0.717, 1.165) is 36.0 Å². The third-order valence-electron chi connectivity index (χ3n) is 3.27. The van der Waals surface area contributed by atoms with Crippen molar-refractivity contribution in [2.45, 2.75) is 6.42 Å². The average molecular weight is 259 g/mol. The van der Waals surface area contributed by atoms with Crippen LogP contribution in [0.25, 0.3) is 10.9 Å². The first-order chi connectivity index (χ1) is 9.22. The van der Waals surface area contributed by atoms with Gasteiger partial charge in [-0.15, -0.1) is 0 Å². The van der Waals surface area contributed by atoms with E-state index in [0.29, 0.717) is 6.54 Å². The molecule has 0 bridgehead atoms. The SMILES string of the molecule is CNCCCN(C)CC(=O)c1c[nH]c2ccccc12. The lowest BCUT2D eigenvalue weighted by atomic mass is 10.1. The van der Waals surface area contributed by atoms with Gasteiger partial charge in [-0.25, -0.2) is 0 Å². The minimum Gasteiger partial charge on any atom is -0.360 e. The summed E-state index contributed by atoms with van der Waals surface area (Å²) in [5.41, 5.74) is 1.81. The number of ketones is 1. The molecule has 1 aromatic heterocycles. The summed E-state index contributed by atoms with van der Waals surface area (Å²) >= 11 is 0. The Hall–Kier alpha value is -1.65. The molecule has 0 amide bonds. The van der Waals surface area contributed by atoms with E-state index in [2.05, 4.69) is 15.2 Å². The lowest BCUT2D eigenvalue weighted by Gasteiger charge is -2.15. The van der Waals surface area contributed by atoms with Gasteiger partial charge in [0.05, 0.1) is 6.54 Å². The smallest absolute Gasteiger partial charge is 0.178 e. The van der Waals surface area contributed by atoms with Crippen LogP contribution < -0.4 is 5.32 Å². The van der Waals surface area contributed by atoms with Crippen LogP contribution in [0.1, 0.15) is 16.8 Å². The number of likely N-dealkylation sites (N-methyl/N-ethyl adjacent to an activating group) is 1. The van der Waals surface area contributed by atoms with E-state index in [1.165, 1.54) is 0 Å². The number of H-pyrrole nitrogens is 1. The molecule has 1 aromatic carbocycles. The van der Waals surface area contributed by atoms with Gasteiger partial charge in [-0.05, 0) is 39.7 Å². The molecule has 0 atom stereocenters. The number of hydrogen-bond donors (Lipinski definition) is 2. The first-order valence-corrected chi connectivity index (χ1v) is 6.65. The molecule has 4 heteroatoms. The van der Waals surface area contributed by atoms with Gasteiger partial charge >= 0.3 is 0 Å². The molecule has 0 saturated heterocycles. The predicted molar refractivity (Wildman–Crippen MR) is 78.7 cm³/mol. The van der Waals surface area contributed by atoms with Crippen molar-refractivity contribution in [3.8, 4) is 0 Å². The molecule has 0 unspecified atom stereocenters. The highest BCUT2D eigenvalue weighted by molar-refractivity contribution is 6.08. The van der Waals surface area contributed by atoms with Gasteiger partial charge in [0.1, 0.15) is 0 Å². The van der Waals surface area contributed by atoms with Crippen molar-refractivity contribution in [3.05, 3.63) is 36.0 Å². The number of hydrogen-bond acceptors (Lipinski definition) is 3. The highest BCUT2D eigenvalue weighted by Crippen LogP contribution is 2.18. The van der Waals surface area contributed by atoms with E-state index in [9.17, 15) is 4.79 Å². The Bertz CT molecular complexity index is 547. The zero-order valence-corrected chi connectivity index (χ0v) is 11.6. The topological polar surface area (TPSA) is 48.1 Å². The second-order valence-electron chi connectivity index (χ2n) is 4.87. The normalized spacial score (nSPS) is 11.3. The Kier molecular flexibility index (Phi) is 4.71. The molecule has 0 radical (unpaired) electrons. The zero-order chi connectivity index (χ0) is 13.7. The van der Waals surface area contributed by atoms with Crippen molar-refractivity contribution in [2.75, 3.05) is 33.7 Å². The summed E-state index contributed by atoms with van der Waals surface area (Å²) in [6, 6.07) is 7.91. The molecule has 2 rings (SSSR count). The molecule has 0 aliphatic rings.